The molecule has 3 heteroatoms. The highest BCUT2D eigenvalue weighted by molar-refractivity contribution is 5.89. The van der Waals surface area contributed by atoms with Crippen LogP contribution in [0.2, 0.25) is 0 Å². The Morgan fingerprint density at radius 2 is 2.09 bits per heavy atom. The average molecular weight is 153 g/mol. The van der Waals surface area contributed by atoms with Gasteiger partial charge in [0.2, 0.25) is 0 Å². The van der Waals surface area contributed by atoms with E-state index in [0.29, 0.717) is 5.92 Å². The summed E-state index contributed by atoms with van der Waals surface area (Å²) < 4.78 is 0. The van der Waals surface area contributed by atoms with Crippen LogP contribution < -0.4 is 5.43 Å². The van der Waals surface area contributed by atoms with E-state index in [4.69, 9.17) is 0 Å². The topological polar surface area (TPSA) is 36.8 Å². The monoisotopic (exact) mass is 153 g/mol. The summed E-state index contributed by atoms with van der Waals surface area (Å²) in [7, 11) is 0. The van der Waals surface area contributed by atoms with Crippen molar-refractivity contribution in [3.8, 4) is 0 Å². The molecule has 0 spiro atoms. The molecule has 1 aliphatic rings. The van der Waals surface area contributed by atoms with Crippen molar-refractivity contribution in [3.05, 3.63) is 0 Å². The molecule has 0 aromatic carbocycles. The van der Waals surface area contributed by atoms with Crippen LogP contribution in [-0.2, 0) is 0 Å². The fourth-order valence-electron chi connectivity index (χ4n) is 0.879. The minimum Gasteiger partial charge on any atom is -0.265 e. The van der Waals surface area contributed by atoms with E-state index >= 15 is 0 Å². The number of hydrazone groups is 1. The van der Waals surface area contributed by atoms with E-state index in [-0.39, 0.29) is 5.54 Å². The van der Waals surface area contributed by atoms with Gasteiger partial charge in [-0.2, -0.15) is 5.10 Å². The van der Waals surface area contributed by atoms with Crippen LogP contribution in [0.4, 0.5) is 0 Å². The summed E-state index contributed by atoms with van der Waals surface area (Å²) in [6.45, 7) is 8.28. The van der Waals surface area contributed by atoms with Crippen LogP contribution in [0, 0.1) is 5.92 Å². The molecule has 1 N–H and O–H groups in total. The largest absolute Gasteiger partial charge is 0.265 e. The van der Waals surface area contributed by atoms with Crippen molar-refractivity contribution in [3.63, 3.8) is 0 Å². The second-order valence-corrected chi connectivity index (χ2v) is 3.68. The van der Waals surface area contributed by atoms with Gasteiger partial charge in [0.25, 0.3) is 0 Å². The van der Waals surface area contributed by atoms with E-state index in [0.717, 1.165) is 5.84 Å². The second kappa shape index (κ2) is 2.64. The third-order valence-corrected chi connectivity index (χ3v) is 1.52. The number of rotatable bonds is 1. The standard InChI is InChI=1S/C8H15N3/c1-6(2)7-10-8(3,4)5-9-11-7/h5-6H,1-4H3,(H,10,11). The Labute approximate surface area is 67.6 Å². The molecule has 0 amide bonds. The minimum absolute atomic E-state index is 0.134. The normalized spacial score (nSPS) is 21.4. The van der Waals surface area contributed by atoms with E-state index in [1.807, 2.05) is 20.1 Å². The molecule has 1 heterocycles. The van der Waals surface area contributed by atoms with Gasteiger partial charge in [0.1, 0.15) is 5.84 Å². The number of aliphatic imine (C=N–C) groups is 1. The van der Waals surface area contributed by atoms with Crippen LogP contribution in [-0.4, -0.2) is 17.6 Å². The van der Waals surface area contributed by atoms with E-state index in [2.05, 4.69) is 29.4 Å². The molecular formula is C8H15N3. The Hall–Kier alpha value is -0.860. The lowest BCUT2D eigenvalue weighted by Gasteiger charge is -2.22. The van der Waals surface area contributed by atoms with Gasteiger partial charge in [0, 0.05) is 5.92 Å². The van der Waals surface area contributed by atoms with Gasteiger partial charge in [-0.1, -0.05) is 13.8 Å². The summed E-state index contributed by atoms with van der Waals surface area (Å²) in [5, 5.41) is 4.03. The summed E-state index contributed by atoms with van der Waals surface area (Å²) in [5.41, 5.74) is 2.76. The lowest BCUT2D eigenvalue weighted by Crippen LogP contribution is -2.35. The molecule has 62 valence electrons. The highest BCUT2D eigenvalue weighted by Crippen LogP contribution is 2.11. The SMILES string of the molecule is CC(C)C1=NC(C)(C)C=NN1. The summed E-state index contributed by atoms with van der Waals surface area (Å²) in [5.74, 6) is 1.39. The molecule has 0 saturated carbocycles. The summed E-state index contributed by atoms with van der Waals surface area (Å²) in [4.78, 5) is 4.47. The molecule has 0 saturated heterocycles. The summed E-state index contributed by atoms with van der Waals surface area (Å²) in [6, 6.07) is 0. The third-order valence-electron chi connectivity index (χ3n) is 1.52. The number of amidine groups is 1. The van der Waals surface area contributed by atoms with Gasteiger partial charge in [-0.05, 0) is 13.8 Å². The molecule has 1 rings (SSSR count). The average Bonchev–Trinajstić information content (AvgIpc) is 1.85. The molecule has 0 fully saturated rings. The lowest BCUT2D eigenvalue weighted by molar-refractivity contribution is 0.659. The summed E-state index contributed by atoms with van der Waals surface area (Å²) in [6.07, 6.45) is 1.82. The van der Waals surface area contributed by atoms with E-state index in [9.17, 15) is 0 Å². The van der Waals surface area contributed by atoms with Gasteiger partial charge in [-0.15, -0.1) is 0 Å². The van der Waals surface area contributed by atoms with Crippen molar-refractivity contribution >= 4 is 12.1 Å². The Morgan fingerprint density at radius 3 is 2.45 bits per heavy atom. The minimum atomic E-state index is -0.134. The third kappa shape index (κ3) is 2.03. The number of nitrogens with zero attached hydrogens (tertiary/aromatic N) is 2. The molecule has 0 atom stereocenters. The van der Waals surface area contributed by atoms with Gasteiger partial charge < -0.3 is 0 Å². The molecule has 0 aromatic heterocycles. The first-order valence-electron chi connectivity index (χ1n) is 3.91. The van der Waals surface area contributed by atoms with Crippen molar-refractivity contribution in [2.75, 3.05) is 0 Å². The molecule has 0 aliphatic carbocycles. The Balaban J connectivity index is 2.78. The quantitative estimate of drug-likeness (QED) is 0.607. The maximum atomic E-state index is 4.47. The van der Waals surface area contributed by atoms with Crippen molar-refractivity contribution in [1.82, 2.24) is 5.43 Å². The number of hydrogen-bond acceptors (Lipinski definition) is 3. The molecule has 0 aromatic rings. The first-order chi connectivity index (χ1) is 5.01. The number of hydrogen-bond donors (Lipinski definition) is 1. The molecular weight excluding hydrogens is 138 g/mol. The van der Waals surface area contributed by atoms with Crippen LogP contribution in [0.15, 0.2) is 10.1 Å². The van der Waals surface area contributed by atoms with Gasteiger partial charge >= 0.3 is 0 Å². The van der Waals surface area contributed by atoms with Gasteiger partial charge in [0.15, 0.2) is 0 Å². The highest BCUT2D eigenvalue weighted by Gasteiger charge is 2.19. The Morgan fingerprint density at radius 1 is 1.45 bits per heavy atom. The maximum absolute atomic E-state index is 4.47. The first kappa shape index (κ1) is 8.24. The molecule has 0 radical (unpaired) electrons. The fourth-order valence-corrected chi connectivity index (χ4v) is 0.879. The zero-order chi connectivity index (χ0) is 8.48. The van der Waals surface area contributed by atoms with Gasteiger partial charge in [-0.3, -0.25) is 10.4 Å². The second-order valence-electron chi connectivity index (χ2n) is 3.68. The van der Waals surface area contributed by atoms with Crippen LogP contribution in [0.25, 0.3) is 0 Å². The molecule has 0 bridgehead atoms. The molecule has 1 aliphatic heterocycles. The number of nitrogens with one attached hydrogen (secondary N) is 1. The van der Waals surface area contributed by atoms with Crippen molar-refractivity contribution in [1.29, 1.82) is 0 Å². The van der Waals surface area contributed by atoms with Crippen molar-refractivity contribution < 1.29 is 0 Å². The van der Waals surface area contributed by atoms with E-state index in [1.54, 1.807) is 0 Å². The highest BCUT2D eigenvalue weighted by atomic mass is 15.3. The zero-order valence-corrected chi connectivity index (χ0v) is 7.55. The molecule has 3 nitrogen and oxygen atoms in total. The van der Waals surface area contributed by atoms with E-state index in [1.165, 1.54) is 0 Å². The predicted molar refractivity (Wildman–Crippen MR) is 48.0 cm³/mol. The predicted octanol–water partition coefficient (Wildman–Crippen LogP) is 1.41. The van der Waals surface area contributed by atoms with Crippen LogP contribution in [0.1, 0.15) is 27.7 Å². The van der Waals surface area contributed by atoms with Crippen molar-refractivity contribution in [2.45, 2.75) is 33.2 Å². The smallest absolute Gasteiger partial charge is 0.120 e. The summed E-state index contributed by atoms with van der Waals surface area (Å²) >= 11 is 0. The van der Waals surface area contributed by atoms with Crippen LogP contribution in [0.5, 0.6) is 0 Å². The fraction of sp³-hybridized carbons (Fsp3) is 0.750. The molecule has 0 unspecified atom stereocenters. The molecule has 11 heavy (non-hydrogen) atoms. The first-order valence-corrected chi connectivity index (χ1v) is 3.91. The van der Waals surface area contributed by atoms with Gasteiger partial charge in [-0.25, -0.2) is 0 Å². The Kier molecular flexibility index (Phi) is 1.98. The van der Waals surface area contributed by atoms with Crippen LogP contribution >= 0.6 is 0 Å². The maximum Gasteiger partial charge on any atom is 0.120 e. The zero-order valence-electron chi connectivity index (χ0n) is 7.55. The van der Waals surface area contributed by atoms with Gasteiger partial charge in [0.05, 0.1) is 11.8 Å². The Bertz CT molecular complexity index is 201. The lowest BCUT2D eigenvalue weighted by atomic mass is 10.1. The van der Waals surface area contributed by atoms with E-state index < -0.39 is 0 Å². The van der Waals surface area contributed by atoms with Crippen LogP contribution in [0.3, 0.4) is 0 Å². The van der Waals surface area contributed by atoms with Crippen molar-refractivity contribution in [2.24, 2.45) is 16.0 Å².